The SMILES string of the molecule is O=C(NC1CCC(C(F)(F)F)CC1)c1cccc(Br)c1. The van der Waals surface area contributed by atoms with E-state index in [2.05, 4.69) is 21.2 Å². The van der Waals surface area contributed by atoms with Crippen LogP contribution in [0.15, 0.2) is 28.7 Å². The standard InChI is InChI=1S/C14H15BrF3NO/c15-11-3-1-2-9(8-11)13(20)19-12-6-4-10(5-7-12)14(16,17)18/h1-3,8,10,12H,4-7H2,(H,19,20). The first-order chi connectivity index (χ1) is 9.36. The van der Waals surface area contributed by atoms with Crippen molar-refractivity contribution in [3.8, 4) is 0 Å². The molecule has 1 amide bonds. The molecule has 20 heavy (non-hydrogen) atoms. The summed E-state index contributed by atoms with van der Waals surface area (Å²) in [5.74, 6) is -1.46. The molecule has 0 heterocycles. The van der Waals surface area contributed by atoms with Gasteiger partial charge in [-0.2, -0.15) is 13.2 Å². The Morgan fingerprint density at radius 1 is 1.20 bits per heavy atom. The lowest BCUT2D eigenvalue weighted by Crippen LogP contribution is -2.40. The summed E-state index contributed by atoms with van der Waals surface area (Å²) in [7, 11) is 0. The highest BCUT2D eigenvalue weighted by Crippen LogP contribution is 2.37. The van der Waals surface area contributed by atoms with Crippen LogP contribution >= 0.6 is 15.9 Å². The van der Waals surface area contributed by atoms with E-state index in [9.17, 15) is 18.0 Å². The van der Waals surface area contributed by atoms with Gasteiger partial charge in [0.2, 0.25) is 0 Å². The summed E-state index contributed by atoms with van der Waals surface area (Å²) in [5, 5.41) is 2.81. The van der Waals surface area contributed by atoms with E-state index in [1.165, 1.54) is 0 Å². The molecule has 2 rings (SSSR count). The molecule has 6 heteroatoms. The minimum absolute atomic E-state index is 0.0902. The van der Waals surface area contributed by atoms with Crippen molar-refractivity contribution in [3.63, 3.8) is 0 Å². The Balaban J connectivity index is 1.88. The topological polar surface area (TPSA) is 29.1 Å². The van der Waals surface area contributed by atoms with Gasteiger partial charge in [0.05, 0.1) is 5.92 Å². The molecule has 0 aromatic heterocycles. The Kier molecular flexibility index (Phi) is 4.73. The van der Waals surface area contributed by atoms with Gasteiger partial charge in [-0.25, -0.2) is 0 Å². The number of benzene rings is 1. The van der Waals surface area contributed by atoms with Crippen molar-refractivity contribution < 1.29 is 18.0 Å². The zero-order chi connectivity index (χ0) is 14.8. The van der Waals surface area contributed by atoms with Gasteiger partial charge in [0.1, 0.15) is 0 Å². The fourth-order valence-electron chi connectivity index (χ4n) is 2.46. The number of hydrogen-bond donors (Lipinski definition) is 1. The molecule has 1 aliphatic carbocycles. The van der Waals surface area contributed by atoms with Crippen LogP contribution in [0.1, 0.15) is 36.0 Å². The van der Waals surface area contributed by atoms with Crippen molar-refractivity contribution in [1.82, 2.24) is 5.32 Å². The van der Waals surface area contributed by atoms with Gasteiger partial charge >= 0.3 is 6.18 Å². The third-order valence-corrected chi connectivity index (χ3v) is 4.11. The highest BCUT2D eigenvalue weighted by Gasteiger charge is 2.41. The van der Waals surface area contributed by atoms with Crippen LogP contribution in [0.4, 0.5) is 13.2 Å². The molecule has 0 radical (unpaired) electrons. The summed E-state index contributed by atoms with van der Waals surface area (Å²) in [6.07, 6.45) is -3.17. The summed E-state index contributed by atoms with van der Waals surface area (Å²) in [6, 6.07) is 6.77. The van der Waals surface area contributed by atoms with Gasteiger partial charge in [0.25, 0.3) is 5.91 Å². The summed E-state index contributed by atoms with van der Waals surface area (Å²) < 4.78 is 38.4. The zero-order valence-electron chi connectivity index (χ0n) is 10.7. The first-order valence-electron chi connectivity index (χ1n) is 6.49. The molecule has 0 atom stereocenters. The lowest BCUT2D eigenvalue weighted by molar-refractivity contribution is -0.182. The molecule has 0 aliphatic heterocycles. The quantitative estimate of drug-likeness (QED) is 0.847. The van der Waals surface area contributed by atoms with Gasteiger partial charge < -0.3 is 5.32 Å². The number of hydrogen-bond acceptors (Lipinski definition) is 1. The summed E-state index contributed by atoms with van der Waals surface area (Å²) >= 11 is 3.28. The summed E-state index contributed by atoms with van der Waals surface area (Å²) in [6.45, 7) is 0. The molecule has 0 spiro atoms. The highest BCUT2D eigenvalue weighted by atomic mass is 79.9. The Morgan fingerprint density at radius 2 is 1.85 bits per heavy atom. The zero-order valence-corrected chi connectivity index (χ0v) is 12.3. The summed E-state index contributed by atoms with van der Waals surface area (Å²) in [4.78, 5) is 12.0. The van der Waals surface area contributed by atoms with E-state index >= 15 is 0 Å². The van der Waals surface area contributed by atoms with Crippen molar-refractivity contribution in [2.75, 3.05) is 0 Å². The van der Waals surface area contributed by atoms with Crippen LogP contribution < -0.4 is 5.32 Å². The predicted octanol–water partition coefficient (Wildman–Crippen LogP) is 4.30. The van der Waals surface area contributed by atoms with Crippen LogP contribution in [-0.2, 0) is 0 Å². The van der Waals surface area contributed by atoms with Crippen LogP contribution in [0.25, 0.3) is 0 Å². The average Bonchev–Trinajstić information content (AvgIpc) is 2.38. The normalized spacial score (nSPS) is 23.4. The largest absolute Gasteiger partial charge is 0.391 e. The second-order valence-electron chi connectivity index (χ2n) is 5.07. The highest BCUT2D eigenvalue weighted by molar-refractivity contribution is 9.10. The lowest BCUT2D eigenvalue weighted by atomic mass is 9.85. The van der Waals surface area contributed by atoms with Gasteiger partial charge in [0.15, 0.2) is 0 Å². The molecule has 1 N–H and O–H groups in total. The number of alkyl halides is 3. The first-order valence-corrected chi connectivity index (χ1v) is 7.28. The van der Waals surface area contributed by atoms with Crippen molar-refractivity contribution in [2.24, 2.45) is 5.92 Å². The number of carbonyl (C=O) groups is 1. The predicted molar refractivity (Wildman–Crippen MR) is 73.4 cm³/mol. The lowest BCUT2D eigenvalue weighted by Gasteiger charge is -2.30. The fraction of sp³-hybridized carbons (Fsp3) is 0.500. The number of rotatable bonds is 2. The number of amides is 1. The second-order valence-corrected chi connectivity index (χ2v) is 5.99. The molecule has 1 aliphatic rings. The maximum Gasteiger partial charge on any atom is 0.391 e. The minimum Gasteiger partial charge on any atom is -0.349 e. The van der Waals surface area contributed by atoms with E-state index in [-0.39, 0.29) is 24.8 Å². The molecule has 110 valence electrons. The third-order valence-electron chi connectivity index (χ3n) is 3.61. The van der Waals surface area contributed by atoms with Crippen molar-refractivity contribution in [2.45, 2.75) is 37.9 Å². The van der Waals surface area contributed by atoms with Crippen LogP contribution in [0.3, 0.4) is 0 Å². The first kappa shape index (κ1) is 15.4. The molecule has 1 fully saturated rings. The second kappa shape index (κ2) is 6.16. The molecule has 1 saturated carbocycles. The molecule has 1 aromatic rings. The summed E-state index contributed by atoms with van der Waals surface area (Å²) in [5.41, 5.74) is 0.511. The number of nitrogens with one attached hydrogen (secondary N) is 1. The Bertz CT molecular complexity index is 482. The monoisotopic (exact) mass is 349 g/mol. The number of halogens is 4. The Morgan fingerprint density at radius 3 is 2.40 bits per heavy atom. The van der Waals surface area contributed by atoms with Crippen molar-refractivity contribution in [1.29, 1.82) is 0 Å². The smallest absolute Gasteiger partial charge is 0.349 e. The van der Waals surface area contributed by atoms with E-state index in [0.29, 0.717) is 18.4 Å². The van der Waals surface area contributed by atoms with Crippen LogP contribution in [0.2, 0.25) is 0 Å². The van der Waals surface area contributed by atoms with E-state index in [4.69, 9.17) is 0 Å². The van der Waals surface area contributed by atoms with Gasteiger partial charge in [0, 0.05) is 16.1 Å². The third kappa shape index (κ3) is 3.98. The molecule has 1 aromatic carbocycles. The molecule has 0 bridgehead atoms. The maximum absolute atomic E-state index is 12.5. The minimum atomic E-state index is -4.11. The molecule has 2 nitrogen and oxygen atoms in total. The number of carbonyl (C=O) groups excluding carboxylic acids is 1. The molecular formula is C14H15BrF3NO. The Labute approximate surface area is 123 Å². The molecule has 0 unspecified atom stereocenters. The molecule has 0 saturated heterocycles. The van der Waals surface area contributed by atoms with Crippen molar-refractivity contribution in [3.05, 3.63) is 34.3 Å². The fourth-order valence-corrected chi connectivity index (χ4v) is 2.86. The van der Waals surface area contributed by atoms with Crippen LogP contribution in [-0.4, -0.2) is 18.1 Å². The van der Waals surface area contributed by atoms with E-state index < -0.39 is 12.1 Å². The van der Waals surface area contributed by atoms with Crippen LogP contribution in [0, 0.1) is 5.92 Å². The molecular weight excluding hydrogens is 335 g/mol. The van der Waals surface area contributed by atoms with Gasteiger partial charge in [-0.1, -0.05) is 22.0 Å². The van der Waals surface area contributed by atoms with E-state index in [1.807, 2.05) is 6.07 Å². The van der Waals surface area contributed by atoms with Gasteiger partial charge in [-0.3, -0.25) is 4.79 Å². The van der Waals surface area contributed by atoms with Gasteiger partial charge in [-0.05, 0) is 43.9 Å². The van der Waals surface area contributed by atoms with Gasteiger partial charge in [-0.15, -0.1) is 0 Å². The van der Waals surface area contributed by atoms with Crippen LogP contribution in [0.5, 0.6) is 0 Å². The Hall–Kier alpha value is -1.04. The van der Waals surface area contributed by atoms with E-state index in [0.717, 1.165) is 4.47 Å². The average molecular weight is 350 g/mol. The van der Waals surface area contributed by atoms with E-state index in [1.54, 1.807) is 18.2 Å². The maximum atomic E-state index is 12.5. The van der Waals surface area contributed by atoms with Crippen molar-refractivity contribution >= 4 is 21.8 Å².